The van der Waals surface area contributed by atoms with Crippen LogP contribution in [0.3, 0.4) is 0 Å². The summed E-state index contributed by atoms with van der Waals surface area (Å²) in [6.07, 6.45) is 1.74. The fraction of sp³-hybridized carbons (Fsp3) is 0.567. The lowest BCUT2D eigenvalue weighted by molar-refractivity contribution is -0.137. The molecular formula is C30H37N7O6. The molecule has 0 spiro atoms. The van der Waals surface area contributed by atoms with Gasteiger partial charge in [-0.05, 0) is 55.9 Å². The van der Waals surface area contributed by atoms with Gasteiger partial charge >= 0.3 is 6.09 Å². The summed E-state index contributed by atoms with van der Waals surface area (Å²) in [7, 11) is 0. The molecule has 2 aliphatic heterocycles. The summed E-state index contributed by atoms with van der Waals surface area (Å²) in [5.74, 6) is 0.965. The van der Waals surface area contributed by atoms with E-state index < -0.39 is 30.4 Å². The number of likely N-dealkylation sites (tertiary alicyclic amines) is 1. The van der Waals surface area contributed by atoms with Crippen molar-refractivity contribution in [1.82, 2.24) is 29.7 Å². The highest BCUT2D eigenvalue weighted by Gasteiger charge is 2.48. The first-order chi connectivity index (χ1) is 20.8. The highest BCUT2D eigenvalue weighted by molar-refractivity contribution is 5.83. The Morgan fingerprint density at radius 1 is 1.05 bits per heavy atom. The van der Waals surface area contributed by atoms with Crippen LogP contribution in [0.5, 0.6) is 0 Å². The molecule has 4 fully saturated rings. The molecule has 4 atom stereocenters. The number of rotatable bonds is 7. The van der Waals surface area contributed by atoms with E-state index in [1.54, 1.807) is 4.90 Å². The first-order valence-electron chi connectivity index (χ1n) is 15.2. The average Bonchev–Trinajstić information content (AvgIpc) is 3.62. The van der Waals surface area contributed by atoms with E-state index in [1.807, 2.05) is 18.2 Å². The fourth-order valence-electron chi connectivity index (χ4n) is 6.33. The van der Waals surface area contributed by atoms with Crippen LogP contribution in [0.25, 0.3) is 11.2 Å². The maximum Gasteiger partial charge on any atom is 0.410 e. The lowest BCUT2D eigenvalue weighted by Crippen LogP contribution is -2.43. The highest BCUT2D eigenvalue weighted by atomic mass is 16.6. The number of nitrogens with one attached hydrogen (secondary N) is 1. The quantitative estimate of drug-likeness (QED) is 0.316. The number of aliphatic hydroxyl groups excluding tert-OH is 2. The Bertz CT molecular complexity index is 1480. The van der Waals surface area contributed by atoms with Crippen LogP contribution in [0, 0.1) is 5.92 Å². The summed E-state index contributed by atoms with van der Waals surface area (Å²) < 4.78 is 13.1. The molecule has 13 nitrogen and oxygen atoms in total. The number of imidazole rings is 1. The van der Waals surface area contributed by atoms with Gasteiger partial charge in [0.1, 0.15) is 29.7 Å². The Labute approximate surface area is 248 Å². The van der Waals surface area contributed by atoms with Crippen LogP contribution in [-0.4, -0.2) is 90.2 Å². The van der Waals surface area contributed by atoms with Crippen molar-refractivity contribution >= 4 is 29.0 Å². The SMILES string of the molecule is Nc1nc(CC2CCN(C(=O)OC3CC(c4ccccc4)C3)CC2)nc2c1ncn2[C@@H]1O[C@H](C(=O)NC2CC2)C(O)C1O. The number of fused-ring (bicyclic) bond motifs is 1. The number of aliphatic hydroxyl groups is 2. The van der Waals surface area contributed by atoms with Crippen LogP contribution >= 0.6 is 0 Å². The van der Waals surface area contributed by atoms with Gasteiger partial charge in [-0.15, -0.1) is 0 Å². The molecule has 2 saturated heterocycles. The summed E-state index contributed by atoms with van der Waals surface area (Å²) in [6, 6.07) is 10.4. The molecule has 4 heterocycles. The third-order valence-electron chi connectivity index (χ3n) is 9.17. The van der Waals surface area contributed by atoms with Crippen molar-refractivity contribution in [2.75, 3.05) is 18.8 Å². The molecule has 2 amide bonds. The van der Waals surface area contributed by atoms with E-state index in [0.29, 0.717) is 42.4 Å². The number of carbonyl (C=O) groups excluding carboxylic acids is 2. The number of benzene rings is 1. The maximum atomic E-state index is 12.8. The highest BCUT2D eigenvalue weighted by Crippen LogP contribution is 2.39. The molecule has 43 heavy (non-hydrogen) atoms. The van der Waals surface area contributed by atoms with Crippen LogP contribution in [-0.2, 0) is 20.7 Å². The third kappa shape index (κ3) is 5.64. The van der Waals surface area contributed by atoms with Gasteiger partial charge in [-0.3, -0.25) is 9.36 Å². The van der Waals surface area contributed by atoms with E-state index in [0.717, 1.165) is 38.5 Å². The molecule has 2 unspecified atom stereocenters. The minimum absolute atomic E-state index is 0.0327. The van der Waals surface area contributed by atoms with Crippen LogP contribution in [0.1, 0.15) is 62.1 Å². The van der Waals surface area contributed by atoms with Crippen molar-refractivity contribution in [3.05, 3.63) is 48.0 Å². The van der Waals surface area contributed by atoms with Gasteiger partial charge in [0.05, 0.1) is 6.33 Å². The van der Waals surface area contributed by atoms with Crippen LogP contribution in [0.2, 0.25) is 0 Å². The predicted octanol–water partition coefficient (Wildman–Crippen LogP) is 1.64. The van der Waals surface area contributed by atoms with E-state index in [4.69, 9.17) is 20.2 Å². The number of aromatic nitrogens is 4. The van der Waals surface area contributed by atoms with Crippen molar-refractivity contribution in [3.63, 3.8) is 0 Å². The topological polar surface area (TPSA) is 178 Å². The number of nitrogens with zero attached hydrogens (tertiary/aromatic N) is 5. The van der Waals surface area contributed by atoms with Crippen molar-refractivity contribution in [2.24, 2.45) is 5.92 Å². The van der Waals surface area contributed by atoms with Gasteiger partial charge < -0.3 is 35.6 Å². The number of hydrogen-bond donors (Lipinski definition) is 4. The number of nitrogen functional groups attached to an aromatic ring is 1. The van der Waals surface area contributed by atoms with E-state index in [-0.39, 0.29) is 30.0 Å². The molecule has 2 aromatic heterocycles. The Morgan fingerprint density at radius 2 is 1.79 bits per heavy atom. The molecule has 4 aliphatic rings. The fourth-order valence-corrected chi connectivity index (χ4v) is 6.33. The number of nitrogens with two attached hydrogens (primary N) is 1. The van der Waals surface area contributed by atoms with Crippen molar-refractivity contribution in [3.8, 4) is 0 Å². The van der Waals surface area contributed by atoms with Crippen molar-refractivity contribution < 1.29 is 29.3 Å². The van der Waals surface area contributed by atoms with E-state index in [1.165, 1.54) is 16.5 Å². The maximum absolute atomic E-state index is 12.8. The van der Waals surface area contributed by atoms with Gasteiger partial charge in [0.15, 0.2) is 23.8 Å². The minimum atomic E-state index is -1.40. The molecule has 0 bridgehead atoms. The van der Waals surface area contributed by atoms with Gasteiger partial charge in [0.25, 0.3) is 5.91 Å². The zero-order valence-electron chi connectivity index (χ0n) is 23.8. The molecule has 2 saturated carbocycles. The number of carbonyl (C=O) groups is 2. The second-order valence-electron chi connectivity index (χ2n) is 12.3. The molecule has 3 aromatic rings. The van der Waals surface area contributed by atoms with E-state index >= 15 is 0 Å². The Balaban J connectivity index is 0.951. The Hall–Kier alpha value is -3.81. The summed E-state index contributed by atoms with van der Waals surface area (Å²) in [5.41, 5.74) is 8.24. The molecule has 13 heteroatoms. The third-order valence-corrected chi connectivity index (χ3v) is 9.17. The number of anilines is 1. The molecule has 2 aliphatic carbocycles. The van der Waals surface area contributed by atoms with Gasteiger partial charge in [-0.25, -0.2) is 19.7 Å². The summed E-state index contributed by atoms with van der Waals surface area (Å²) >= 11 is 0. The zero-order chi connectivity index (χ0) is 29.7. The number of ether oxygens (including phenoxy) is 2. The lowest BCUT2D eigenvalue weighted by atomic mass is 9.77. The lowest BCUT2D eigenvalue weighted by Gasteiger charge is -2.37. The average molecular weight is 592 g/mol. The molecule has 5 N–H and O–H groups in total. The van der Waals surface area contributed by atoms with E-state index in [9.17, 15) is 19.8 Å². The van der Waals surface area contributed by atoms with Crippen molar-refractivity contribution in [1.29, 1.82) is 0 Å². The second-order valence-corrected chi connectivity index (χ2v) is 12.3. The number of hydrogen-bond acceptors (Lipinski definition) is 10. The number of piperidine rings is 1. The Kier molecular flexibility index (Phi) is 7.39. The largest absolute Gasteiger partial charge is 0.446 e. The molecular weight excluding hydrogens is 554 g/mol. The predicted molar refractivity (Wildman–Crippen MR) is 154 cm³/mol. The standard InChI is InChI=1S/C30H37N7O6/c31-26-22-27(37(15-32-22)29-24(39)23(38)25(43-29)28(40)33-19-6-7-19)35-21(34-26)12-16-8-10-36(11-9-16)30(41)42-20-13-18(14-20)17-4-2-1-3-5-17/h1-5,15-16,18-20,23-25,29,38-39H,6-14H2,(H,33,40)(H2,31,34,35)/t18?,20?,23?,24?,25-,29+/m0/s1. The summed E-state index contributed by atoms with van der Waals surface area (Å²) in [5, 5.41) is 24.1. The summed E-state index contributed by atoms with van der Waals surface area (Å²) in [4.78, 5) is 40.6. The Morgan fingerprint density at radius 3 is 2.51 bits per heavy atom. The van der Waals surface area contributed by atoms with E-state index in [2.05, 4.69) is 27.4 Å². The zero-order valence-corrected chi connectivity index (χ0v) is 23.8. The van der Waals surface area contributed by atoms with Crippen LogP contribution in [0.15, 0.2) is 36.7 Å². The molecule has 1 aromatic carbocycles. The second kappa shape index (κ2) is 11.4. The first kappa shape index (κ1) is 28.0. The smallest absolute Gasteiger partial charge is 0.410 e. The van der Waals surface area contributed by atoms with Crippen molar-refractivity contribution in [2.45, 2.75) is 87.5 Å². The van der Waals surface area contributed by atoms with Crippen LogP contribution in [0.4, 0.5) is 10.6 Å². The minimum Gasteiger partial charge on any atom is -0.446 e. The van der Waals surface area contributed by atoms with Gasteiger partial charge in [0.2, 0.25) is 0 Å². The van der Waals surface area contributed by atoms with Gasteiger partial charge in [0, 0.05) is 25.6 Å². The van der Waals surface area contributed by atoms with Gasteiger partial charge in [-0.1, -0.05) is 30.3 Å². The normalized spacial score (nSPS) is 29.4. The number of amides is 2. The molecule has 228 valence electrons. The van der Waals surface area contributed by atoms with Gasteiger partial charge in [-0.2, -0.15) is 0 Å². The summed E-state index contributed by atoms with van der Waals surface area (Å²) in [6.45, 7) is 1.19. The van der Waals surface area contributed by atoms with Crippen LogP contribution < -0.4 is 11.1 Å². The monoisotopic (exact) mass is 591 g/mol. The molecule has 7 rings (SSSR count). The first-order valence-corrected chi connectivity index (χ1v) is 15.2. The molecule has 0 radical (unpaired) electrons.